The topological polar surface area (TPSA) is 70.3 Å². The van der Waals surface area contributed by atoms with Crippen LogP contribution >= 0.6 is 0 Å². The monoisotopic (exact) mass is 460 g/mol. The second-order valence-electron chi connectivity index (χ2n) is 8.90. The lowest BCUT2D eigenvalue weighted by molar-refractivity contribution is 0.228. The summed E-state index contributed by atoms with van der Waals surface area (Å²) >= 11 is 0. The van der Waals surface area contributed by atoms with E-state index in [0.29, 0.717) is 23.3 Å². The molecule has 2 aromatic carbocycles. The van der Waals surface area contributed by atoms with Crippen molar-refractivity contribution in [3.05, 3.63) is 66.2 Å². The number of rotatable bonds is 7. The van der Waals surface area contributed by atoms with Gasteiger partial charge < -0.3 is 14.7 Å². The van der Waals surface area contributed by atoms with Crippen molar-refractivity contribution in [3.8, 4) is 11.3 Å². The lowest BCUT2D eigenvalue weighted by Gasteiger charge is -2.41. The molecule has 0 radical (unpaired) electrons. The molecule has 8 heteroatoms. The summed E-state index contributed by atoms with van der Waals surface area (Å²) in [5.74, 6) is 0.392. The lowest BCUT2D eigenvalue weighted by atomic mass is 10.1. The molecule has 0 spiro atoms. The quantitative estimate of drug-likeness (QED) is 0.399. The van der Waals surface area contributed by atoms with Crippen LogP contribution in [0.5, 0.6) is 0 Å². The molecule has 1 atom stereocenters. The standard InChI is InChI=1S/C26H29FN6O/c1-18-5-3-6-22(15-18)33-14-13-32(16-19(33)2)12-4-11-28-25-23-24(20-7-9-21(27)10-8-20)31-34-26(23)30-17-29-25/h3,5-10,15,17,19H,4,11-14,16H2,1-2H3,(H,28,29,30)/t19-/m1/s1. The van der Waals surface area contributed by atoms with Gasteiger partial charge in [0.15, 0.2) is 0 Å². The number of benzene rings is 2. The first kappa shape index (κ1) is 22.3. The van der Waals surface area contributed by atoms with Crippen LogP contribution in [0.2, 0.25) is 0 Å². The third-order valence-corrected chi connectivity index (χ3v) is 6.38. The maximum atomic E-state index is 13.3. The number of nitrogens with one attached hydrogen (secondary N) is 1. The van der Waals surface area contributed by atoms with E-state index in [1.165, 1.54) is 29.7 Å². The first-order chi connectivity index (χ1) is 16.6. The molecule has 1 aliphatic heterocycles. The molecule has 34 heavy (non-hydrogen) atoms. The molecule has 3 heterocycles. The molecule has 0 saturated carbocycles. The third-order valence-electron chi connectivity index (χ3n) is 6.38. The average molecular weight is 461 g/mol. The van der Waals surface area contributed by atoms with Crippen LogP contribution in [0.3, 0.4) is 0 Å². The van der Waals surface area contributed by atoms with E-state index in [1.807, 2.05) is 0 Å². The van der Waals surface area contributed by atoms with Gasteiger partial charge in [0.25, 0.3) is 5.71 Å². The van der Waals surface area contributed by atoms with E-state index in [4.69, 9.17) is 4.52 Å². The van der Waals surface area contributed by atoms with Crippen molar-refractivity contribution in [2.45, 2.75) is 26.3 Å². The number of aromatic nitrogens is 3. The number of hydrogen-bond acceptors (Lipinski definition) is 7. The van der Waals surface area contributed by atoms with E-state index in [2.05, 4.69) is 68.4 Å². The highest BCUT2D eigenvalue weighted by molar-refractivity contribution is 5.97. The predicted molar refractivity (Wildman–Crippen MR) is 133 cm³/mol. The molecule has 0 unspecified atom stereocenters. The Hall–Kier alpha value is -3.52. The summed E-state index contributed by atoms with van der Waals surface area (Å²) in [6.45, 7) is 9.36. The van der Waals surface area contributed by atoms with Crippen molar-refractivity contribution in [2.24, 2.45) is 0 Å². The van der Waals surface area contributed by atoms with Gasteiger partial charge in [-0.2, -0.15) is 4.98 Å². The zero-order chi connectivity index (χ0) is 23.5. The molecular formula is C26H29FN6O. The van der Waals surface area contributed by atoms with Gasteiger partial charge in [0.05, 0.1) is 0 Å². The Morgan fingerprint density at radius 2 is 1.97 bits per heavy atom. The molecule has 1 fully saturated rings. The molecule has 1 N–H and O–H groups in total. The molecule has 4 aromatic rings. The number of aryl methyl sites for hydroxylation is 1. The highest BCUT2D eigenvalue weighted by Crippen LogP contribution is 2.31. The maximum absolute atomic E-state index is 13.3. The molecule has 176 valence electrons. The summed E-state index contributed by atoms with van der Waals surface area (Å²) in [4.78, 5) is 13.6. The van der Waals surface area contributed by atoms with E-state index in [9.17, 15) is 4.39 Å². The van der Waals surface area contributed by atoms with Crippen molar-refractivity contribution in [3.63, 3.8) is 0 Å². The fourth-order valence-corrected chi connectivity index (χ4v) is 4.66. The first-order valence-corrected chi connectivity index (χ1v) is 11.7. The normalized spacial score (nSPS) is 16.8. The summed E-state index contributed by atoms with van der Waals surface area (Å²) in [6, 6.07) is 15.4. The van der Waals surface area contributed by atoms with Gasteiger partial charge in [0, 0.05) is 43.5 Å². The van der Waals surface area contributed by atoms with Gasteiger partial charge in [-0.25, -0.2) is 9.37 Å². The van der Waals surface area contributed by atoms with Crippen LogP contribution in [0, 0.1) is 12.7 Å². The highest BCUT2D eigenvalue weighted by atomic mass is 19.1. The Bertz CT molecular complexity index is 1260. The summed E-state index contributed by atoms with van der Waals surface area (Å²) in [6.07, 6.45) is 2.45. The fraction of sp³-hybridized carbons (Fsp3) is 0.346. The average Bonchev–Trinajstić information content (AvgIpc) is 3.27. The van der Waals surface area contributed by atoms with Gasteiger partial charge in [-0.1, -0.05) is 17.3 Å². The number of piperazine rings is 1. The van der Waals surface area contributed by atoms with Crippen LogP contribution in [0.15, 0.2) is 59.4 Å². The van der Waals surface area contributed by atoms with Crippen LogP contribution in [-0.4, -0.2) is 58.8 Å². The Morgan fingerprint density at radius 1 is 1.12 bits per heavy atom. The molecule has 1 aliphatic rings. The van der Waals surface area contributed by atoms with E-state index in [1.54, 1.807) is 12.1 Å². The van der Waals surface area contributed by atoms with Crippen LogP contribution < -0.4 is 10.2 Å². The molecule has 0 amide bonds. The zero-order valence-electron chi connectivity index (χ0n) is 19.5. The van der Waals surface area contributed by atoms with E-state index >= 15 is 0 Å². The Labute approximate surface area is 198 Å². The van der Waals surface area contributed by atoms with Crippen LogP contribution in [0.4, 0.5) is 15.9 Å². The molecule has 5 rings (SSSR count). The second kappa shape index (κ2) is 9.77. The van der Waals surface area contributed by atoms with E-state index in [-0.39, 0.29) is 5.82 Å². The fourth-order valence-electron chi connectivity index (χ4n) is 4.66. The van der Waals surface area contributed by atoms with Gasteiger partial charge in [0.1, 0.15) is 29.0 Å². The minimum absolute atomic E-state index is 0.291. The SMILES string of the molecule is Cc1cccc(N2CCN(CCCNc3ncnc4onc(-c5ccc(F)cc5)c34)C[C@H]2C)c1. The van der Waals surface area contributed by atoms with Crippen LogP contribution in [0.25, 0.3) is 22.4 Å². The largest absolute Gasteiger partial charge is 0.369 e. The lowest BCUT2D eigenvalue weighted by Crippen LogP contribution is -2.52. The molecule has 7 nitrogen and oxygen atoms in total. The molecule has 0 bridgehead atoms. The van der Waals surface area contributed by atoms with Crippen molar-refractivity contribution < 1.29 is 8.91 Å². The number of hydrogen-bond donors (Lipinski definition) is 1. The van der Waals surface area contributed by atoms with Gasteiger partial charge >= 0.3 is 0 Å². The second-order valence-corrected chi connectivity index (χ2v) is 8.90. The van der Waals surface area contributed by atoms with Crippen molar-refractivity contribution in [2.75, 3.05) is 42.9 Å². The predicted octanol–water partition coefficient (Wildman–Crippen LogP) is 4.75. The summed E-state index contributed by atoms with van der Waals surface area (Å²) in [5.41, 5.74) is 4.40. The summed E-state index contributed by atoms with van der Waals surface area (Å²) < 4.78 is 18.7. The van der Waals surface area contributed by atoms with E-state index < -0.39 is 0 Å². The minimum Gasteiger partial charge on any atom is -0.369 e. The Balaban J connectivity index is 1.18. The Morgan fingerprint density at radius 3 is 2.76 bits per heavy atom. The maximum Gasteiger partial charge on any atom is 0.263 e. The van der Waals surface area contributed by atoms with E-state index in [0.717, 1.165) is 50.1 Å². The number of anilines is 2. The van der Waals surface area contributed by atoms with Crippen LogP contribution in [0.1, 0.15) is 18.9 Å². The minimum atomic E-state index is -0.291. The van der Waals surface area contributed by atoms with Gasteiger partial charge in [-0.15, -0.1) is 0 Å². The highest BCUT2D eigenvalue weighted by Gasteiger charge is 2.23. The number of nitrogens with zero attached hydrogens (tertiary/aromatic N) is 5. The van der Waals surface area contributed by atoms with Crippen molar-refractivity contribution >= 4 is 22.6 Å². The van der Waals surface area contributed by atoms with Crippen molar-refractivity contribution in [1.29, 1.82) is 0 Å². The summed E-state index contributed by atoms with van der Waals surface area (Å²) in [7, 11) is 0. The molecular weight excluding hydrogens is 431 g/mol. The third kappa shape index (κ3) is 4.72. The molecule has 1 saturated heterocycles. The number of fused-ring (bicyclic) bond motifs is 1. The Kier molecular flexibility index (Phi) is 6.40. The van der Waals surface area contributed by atoms with Crippen molar-refractivity contribution in [1.82, 2.24) is 20.0 Å². The smallest absolute Gasteiger partial charge is 0.263 e. The molecule has 2 aromatic heterocycles. The first-order valence-electron chi connectivity index (χ1n) is 11.7. The van der Waals surface area contributed by atoms with Gasteiger partial charge in [-0.3, -0.25) is 4.90 Å². The van der Waals surface area contributed by atoms with Gasteiger partial charge in [-0.05, 0) is 68.8 Å². The number of halogens is 1. The van der Waals surface area contributed by atoms with Crippen LogP contribution in [-0.2, 0) is 0 Å². The zero-order valence-corrected chi connectivity index (χ0v) is 19.5. The molecule has 0 aliphatic carbocycles. The van der Waals surface area contributed by atoms with Gasteiger partial charge in [0.2, 0.25) is 0 Å². The summed E-state index contributed by atoms with van der Waals surface area (Å²) in [5, 5.41) is 8.29.